The largest absolute Gasteiger partial charge is 0.280 e. The molecular formula is C18H15F2N3O2. The number of aromatic nitrogens is 2. The van der Waals surface area contributed by atoms with Crippen LogP contribution in [0.3, 0.4) is 0 Å². The van der Waals surface area contributed by atoms with Gasteiger partial charge in [-0.15, -0.1) is 0 Å². The Morgan fingerprint density at radius 1 is 1.16 bits per heavy atom. The van der Waals surface area contributed by atoms with Gasteiger partial charge in [-0.25, -0.2) is 18.4 Å². The first-order valence-electron chi connectivity index (χ1n) is 7.74. The molecule has 7 heteroatoms. The van der Waals surface area contributed by atoms with Crippen molar-refractivity contribution in [2.45, 2.75) is 19.8 Å². The predicted molar refractivity (Wildman–Crippen MR) is 89.8 cm³/mol. The first-order valence-corrected chi connectivity index (χ1v) is 7.74. The van der Waals surface area contributed by atoms with Gasteiger partial charge < -0.3 is 0 Å². The van der Waals surface area contributed by atoms with Crippen molar-refractivity contribution < 1.29 is 13.6 Å². The summed E-state index contributed by atoms with van der Waals surface area (Å²) in [6.45, 7) is 1.74. The Kier molecular flexibility index (Phi) is 4.56. The summed E-state index contributed by atoms with van der Waals surface area (Å²) < 4.78 is 27.8. The number of rotatable bonds is 4. The van der Waals surface area contributed by atoms with Crippen molar-refractivity contribution in [1.29, 1.82) is 0 Å². The zero-order valence-electron chi connectivity index (χ0n) is 13.4. The zero-order chi connectivity index (χ0) is 18.0. The van der Waals surface area contributed by atoms with E-state index in [0.717, 1.165) is 22.4 Å². The van der Waals surface area contributed by atoms with Gasteiger partial charge in [-0.2, -0.15) is 0 Å². The third-order valence-electron chi connectivity index (χ3n) is 3.74. The average Bonchev–Trinajstić information content (AvgIpc) is 2.60. The standard InChI is InChI=1S/C18H15F2N3O2/c1-2-16-21-15-10-14(20)13(19)9-12(15)18(25)23(16)22-17(24)8-11-6-4-3-5-7-11/h3-7,9-10H,2,8H2,1H3,(H,22,24). The molecule has 0 atom stereocenters. The van der Waals surface area contributed by atoms with Crippen molar-refractivity contribution in [1.82, 2.24) is 9.66 Å². The summed E-state index contributed by atoms with van der Waals surface area (Å²) in [6.07, 6.45) is 0.405. The number of carbonyl (C=O) groups excluding carboxylic acids is 1. The zero-order valence-corrected chi connectivity index (χ0v) is 13.4. The monoisotopic (exact) mass is 343 g/mol. The summed E-state index contributed by atoms with van der Waals surface area (Å²) in [5.74, 6) is -2.37. The molecule has 2 aromatic carbocycles. The van der Waals surface area contributed by atoms with Crippen LogP contribution >= 0.6 is 0 Å². The van der Waals surface area contributed by atoms with Gasteiger partial charge in [0.25, 0.3) is 5.56 Å². The second-order valence-corrected chi connectivity index (χ2v) is 5.50. The third-order valence-corrected chi connectivity index (χ3v) is 3.74. The Hall–Kier alpha value is -3.09. The highest BCUT2D eigenvalue weighted by Crippen LogP contribution is 2.14. The number of hydrogen-bond acceptors (Lipinski definition) is 3. The topological polar surface area (TPSA) is 64.0 Å². The number of nitrogens with zero attached hydrogens (tertiary/aromatic N) is 2. The molecule has 0 radical (unpaired) electrons. The van der Waals surface area contributed by atoms with Crippen LogP contribution in [-0.4, -0.2) is 15.6 Å². The van der Waals surface area contributed by atoms with E-state index in [9.17, 15) is 18.4 Å². The highest BCUT2D eigenvalue weighted by molar-refractivity contribution is 5.86. The van der Waals surface area contributed by atoms with Crippen LogP contribution in [0.5, 0.6) is 0 Å². The lowest BCUT2D eigenvalue weighted by molar-refractivity contribution is -0.116. The Bertz CT molecular complexity index is 1000. The molecule has 0 saturated carbocycles. The summed E-state index contributed by atoms with van der Waals surface area (Å²) in [7, 11) is 0. The highest BCUT2D eigenvalue weighted by atomic mass is 19.2. The lowest BCUT2D eigenvalue weighted by Gasteiger charge is -2.13. The van der Waals surface area contributed by atoms with Crippen LogP contribution in [0.25, 0.3) is 10.9 Å². The average molecular weight is 343 g/mol. The van der Waals surface area contributed by atoms with E-state index < -0.39 is 23.1 Å². The van der Waals surface area contributed by atoms with Gasteiger partial charge in [0.1, 0.15) is 5.82 Å². The number of aryl methyl sites for hydroxylation is 1. The number of amides is 1. The highest BCUT2D eigenvalue weighted by Gasteiger charge is 2.15. The maximum absolute atomic E-state index is 13.5. The molecule has 1 aromatic heterocycles. The summed E-state index contributed by atoms with van der Waals surface area (Å²) in [6, 6.07) is 10.7. The molecule has 3 aromatic rings. The van der Waals surface area contributed by atoms with Gasteiger partial charge in [0.2, 0.25) is 5.91 Å². The SMILES string of the molecule is CCc1nc2cc(F)c(F)cc2c(=O)n1NC(=O)Cc1ccccc1. The Labute approximate surface area is 141 Å². The van der Waals surface area contributed by atoms with Gasteiger partial charge >= 0.3 is 0 Å². The maximum Gasteiger partial charge on any atom is 0.280 e. The molecule has 3 rings (SSSR count). The molecule has 1 N–H and O–H groups in total. The third kappa shape index (κ3) is 3.40. The van der Waals surface area contributed by atoms with Gasteiger partial charge in [0.15, 0.2) is 11.6 Å². The molecule has 5 nitrogen and oxygen atoms in total. The molecule has 0 aliphatic carbocycles. The minimum Gasteiger partial charge on any atom is -0.273 e. The van der Waals surface area contributed by atoms with Crippen molar-refractivity contribution in [3.63, 3.8) is 0 Å². The molecule has 128 valence electrons. The molecule has 25 heavy (non-hydrogen) atoms. The van der Waals surface area contributed by atoms with E-state index >= 15 is 0 Å². The summed E-state index contributed by atoms with van der Waals surface area (Å²) >= 11 is 0. The maximum atomic E-state index is 13.5. The van der Waals surface area contributed by atoms with Crippen LogP contribution in [0.2, 0.25) is 0 Å². The number of nitrogens with one attached hydrogen (secondary N) is 1. The predicted octanol–water partition coefficient (Wildman–Crippen LogP) is 2.55. The van der Waals surface area contributed by atoms with Crippen LogP contribution in [-0.2, 0) is 17.6 Å². The Morgan fingerprint density at radius 3 is 2.52 bits per heavy atom. The van der Waals surface area contributed by atoms with Gasteiger partial charge in [0.05, 0.1) is 17.3 Å². The molecule has 0 saturated heterocycles. The van der Waals surface area contributed by atoms with E-state index in [4.69, 9.17) is 0 Å². The van der Waals surface area contributed by atoms with E-state index in [1.807, 2.05) is 6.07 Å². The van der Waals surface area contributed by atoms with E-state index in [1.165, 1.54) is 0 Å². The minimum absolute atomic E-state index is 0.0503. The van der Waals surface area contributed by atoms with Crippen molar-refractivity contribution in [2.24, 2.45) is 0 Å². The summed E-state index contributed by atoms with van der Waals surface area (Å²) in [4.78, 5) is 29.0. The molecule has 1 amide bonds. The number of hydrogen-bond donors (Lipinski definition) is 1. The van der Waals surface area contributed by atoms with Gasteiger partial charge in [-0.1, -0.05) is 37.3 Å². The Morgan fingerprint density at radius 2 is 1.84 bits per heavy atom. The lowest BCUT2D eigenvalue weighted by atomic mass is 10.1. The fraction of sp³-hybridized carbons (Fsp3) is 0.167. The molecule has 0 unspecified atom stereocenters. The summed E-state index contributed by atoms with van der Waals surface area (Å²) in [5, 5.41) is -0.101. The number of benzene rings is 2. The molecule has 1 heterocycles. The smallest absolute Gasteiger partial charge is 0.273 e. The van der Waals surface area contributed by atoms with Crippen molar-refractivity contribution in [3.05, 3.63) is 75.8 Å². The molecular weight excluding hydrogens is 328 g/mol. The van der Waals surface area contributed by atoms with E-state index in [1.54, 1.807) is 31.2 Å². The first kappa shape index (κ1) is 16.8. The van der Waals surface area contributed by atoms with Gasteiger partial charge in [-0.05, 0) is 11.6 Å². The van der Waals surface area contributed by atoms with Crippen molar-refractivity contribution in [3.8, 4) is 0 Å². The molecule has 0 bridgehead atoms. The van der Waals surface area contributed by atoms with Crippen molar-refractivity contribution >= 4 is 16.8 Å². The Balaban J connectivity index is 2.00. The molecule has 0 fully saturated rings. The molecule has 0 aliphatic heterocycles. The number of halogens is 2. The fourth-order valence-corrected chi connectivity index (χ4v) is 2.52. The summed E-state index contributed by atoms with van der Waals surface area (Å²) in [5.41, 5.74) is 2.68. The van der Waals surface area contributed by atoms with E-state index in [0.29, 0.717) is 6.42 Å². The lowest BCUT2D eigenvalue weighted by Crippen LogP contribution is -2.37. The van der Waals surface area contributed by atoms with E-state index in [-0.39, 0.29) is 23.1 Å². The molecule has 0 spiro atoms. The van der Waals surface area contributed by atoms with E-state index in [2.05, 4.69) is 10.4 Å². The first-order chi connectivity index (χ1) is 12.0. The second kappa shape index (κ2) is 6.80. The number of carbonyl (C=O) groups is 1. The van der Waals surface area contributed by atoms with Gasteiger partial charge in [0, 0.05) is 12.5 Å². The van der Waals surface area contributed by atoms with Crippen LogP contribution in [0, 0.1) is 11.6 Å². The van der Waals surface area contributed by atoms with Crippen LogP contribution in [0.4, 0.5) is 8.78 Å². The van der Waals surface area contributed by atoms with Crippen LogP contribution in [0.15, 0.2) is 47.3 Å². The second-order valence-electron chi connectivity index (χ2n) is 5.50. The van der Waals surface area contributed by atoms with Gasteiger partial charge in [-0.3, -0.25) is 15.0 Å². The van der Waals surface area contributed by atoms with Crippen LogP contribution in [0.1, 0.15) is 18.3 Å². The fourth-order valence-electron chi connectivity index (χ4n) is 2.52. The molecule has 0 aliphatic rings. The normalized spacial score (nSPS) is 10.8. The van der Waals surface area contributed by atoms with Crippen molar-refractivity contribution in [2.75, 3.05) is 5.43 Å². The van der Waals surface area contributed by atoms with Crippen LogP contribution < -0.4 is 11.0 Å². The quantitative estimate of drug-likeness (QED) is 0.792. The number of fused-ring (bicyclic) bond motifs is 1. The minimum atomic E-state index is -1.14.